The first-order valence-corrected chi connectivity index (χ1v) is 6.01. The van der Waals surface area contributed by atoms with Crippen molar-refractivity contribution in [2.45, 2.75) is 6.92 Å². The van der Waals surface area contributed by atoms with E-state index in [0.29, 0.717) is 5.56 Å². The van der Waals surface area contributed by atoms with Gasteiger partial charge < -0.3 is 15.8 Å². The standard InChI is InChI=1S/C11H13N5OS/c1-7-13-11(18-15-7)16(2)9-5-3-4-8(6-9)10(12)14-17/h3-6,17H,1-2H3,(H2,12,14). The van der Waals surface area contributed by atoms with Crippen LogP contribution in [0.2, 0.25) is 0 Å². The van der Waals surface area contributed by atoms with Gasteiger partial charge in [-0.1, -0.05) is 17.3 Å². The van der Waals surface area contributed by atoms with Gasteiger partial charge in [-0.15, -0.1) is 0 Å². The molecule has 1 aromatic carbocycles. The van der Waals surface area contributed by atoms with Crippen molar-refractivity contribution in [3.8, 4) is 0 Å². The number of aryl methyl sites for hydroxylation is 1. The molecule has 1 aromatic heterocycles. The summed E-state index contributed by atoms with van der Waals surface area (Å²) in [5.41, 5.74) is 7.12. The lowest BCUT2D eigenvalue weighted by Crippen LogP contribution is -2.15. The Kier molecular flexibility index (Phi) is 3.42. The van der Waals surface area contributed by atoms with E-state index in [4.69, 9.17) is 10.9 Å². The molecule has 7 heteroatoms. The van der Waals surface area contributed by atoms with Gasteiger partial charge in [0.1, 0.15) is 5.82 Å². The normalized spacial score (nSPS) is 11.6. The molecule has 0 amide bonds. The van der Waals surface area contributed by atoms with Gasteiger partial charge in [-0.2, -0.15) is 4.37 Å². The maximum Gasteiger partial charge on any atom is 0.209 e. The van der Waals surface area contributed by atoms with Crippen molar-refractivity contribution >= 4 is 28.2 Å². The lowest BCUT2D eigenvalue weighted by atomic mass is 10.2. The Bertz CT molecular complexity index is 580. The van der Waals surface area contributed by atoms with E-state index < -0.39 is 0 Å². The van der Waals surface area contributed by atoms with Crippen LogP contribution >= 0.6 is 11.5 Å². The van der Waals surface area contributed by atoms with E-state index >= 15 is 0 Å². The fourth-order valence-corrected chi connectivity index (χ4v) is 2.12. The molecule has 0 radical (unpaired) electrons. The first-order valence-electron chi connectivity index (χ1n) is 5.24. The third-order valence-corrected chi connectivity index (χ3v) is 3.32. The second kappa shape index (κ2) is 5.01. The van der Waals surface area contributed by atoms with E-state index in [9.17, 15) is 0 Å². The van der Waals surface area contributed by atoms with Crippen LogP contribution in [-0.4, -0.2) is 27.4 Å². The van der Waals surface area contributed by atoms with Crippen LogP contribution in [-0.2, 0) is 0 Å². The molecule has 0 atom stereocenters. The molecule has 0 saturated carbocycles. The summed E-state index contributed by atoms with van der Waals surface area (Å²) in [5.74, 6) is 0.827. The number of nitrogens with zero attached hydrogens (tertiary/aromatic N) is 4. The summed E-state index contributed by atoms with van der Waals surface area (Å²) in [6, 6.07) is 7.36. The summed E-state index contributed by atoms with van der Waals surface area (Å²) in [6.07, 6.45) is 0. The summed E-state index contributed by atoms with van der Waals surface area (Å²) in [4.78, 5) is 6.21. The van der Waals surface area contributed by atoms with E-state index in [0.717, 1.165) is 16.6 Å². The molecule has 3 N–H and O–H groups in total. The zero-order valence-electron chi connectivity index (χ0n) is 10.0. The molecule has 6 nitrogen and oxygen atoms in total. The molecule has 1 heterocycles. The fourth-order valence-electron chi connectivity index (χ4n) is 1.46. The summed E-state index contributed by atoms with van der Waals surface area (Å²) in [7, 11) is 1.89. The molecule has 94 valence electrons. The van der Waals surface area contributed by atoms with Crippen LogP contribution in [0.4, 0.5) is 10.8 Å². The predicted octanol–water partition coefficient (Wildman–Crippen LogP) is 1.71. The van der Waals surface area contributed by atoms with Gasteiger partial charge in [-0.25, -0.2) is 4.98 Å². The Labute approximate surface area is 109 Å². The van der Waals surface area contributed by atoms with Crippen molar-refractivity contribution in [1.29, 1.82) is 0 Å². The number of rotatable bonds is 3. The summed E-state index contributed by atoms with van der Waals surface area (Å²) < 4.78 is 4.14. The highest BCUT2D eigenvalue weighted by Gasteiger charge is 2.10. The molecular weight excluding hydrogens is 250 g/mol. The Hall–Kier alpha value is -2.15. The molecule has 0 fully saturated rings. The molecule has 2 aromatic rings. The molecule has 0 aliphatic heterocycles. The number of anilines is 2. The van der Waals surface area contributed by atoms with Crippen molar-refractivity contribution in [3.63, 3.8) is 0 Å². The predicted molar refractivity (Wildman–Crippen MR) is 71.7 cm³/mol. The number of nitrogens with two attached hydrogens (primary N) is 1. The number of aromatic nitrogens is 2. The van der Waals surface area contributed by atoms with Crippen LogP contribution in [0.15, 0.2) is 29.4 Å². The van der Waals surface area contributed by atoms with Gasteiger partial charge in [-0.3, -0.25) is 0 Å². The molecule has 0 bridgehead atoms. The van der Waals surface area contributed by atoms with E-state index in [-0.39, 0.29) is 5.84 Å². The number of hydrogen-bond donors (Lipinski definition) is 2. The van der Waals surface area contributed by atoms with Crippen LogP contribution in [0.1, 0.15) is 11.4 Å². The third kappa shape index (κ3) is 2.40. The quantitative estimate of drug-likeness (QED) is 0.381. The van der Waals surface area contributed by atoms with Gasteiger partial charge >= 0.3 is 0 Å². The summed E-state index contributed by atoms with van der Waals surface area (Å²) in [5, 5.41) is 12.4. The van der Waals surface area contributed by atoms with Crippen LogP contribution < -0.4 is 10.6 Å². The molecule has 0 spiro atoms. The molecule has 0 aliphatic rings. The molecule has 18 heavy (non-hydrogen) atoms. The van der Waals surface area contributed by atoms with Gasteiger partial charge in [0, 0.05) is 29.8 Å². The lowest BCUT2D eigenvalue weighted by molar-refractivity contribution is 0.318. The molecule has 0 aliphatic carbocycles. The number of hydrogen-bond acceptors (Lipinski definition) is 6. The van der Waals surface area contributed by atoms with Crippen molar-refractivity contribution < 1.29 is 5.21 Å². The van der Waals surface area contributed by atoms with E-state index in [1.165, 1.54) is 11.5 Å². The first-order chi connectivity index (χ1) is 8.61. The number of benzene rings is 1. The number of amidine groups is 1. The molecular formula is C11H13N5OS. The van der Waals surface area contributed by atoms with Gasteiger partial charge in [0.25, 0.3) is 0 Å². The van der Waals surface area contributed by atoms with Crippen LogP contribution in [0.3, 0.4) is 0 Å². The average Bonchev–Trinajstić information content (AvgIpc) is 2.83. The Morgan fingerprint density at radius 2 is 2.28 bits per heavy atom. The Morgan fingerprint density at radius 1 is 1.50 bits per heavy atom. The molecule has 0 unspecified atom stereocenters. The minimum absolute atomic E-state index is 0.0821. The van der Waals surface area contributed by atoms with E-state index in [1.54, 1.807) is 6.07 Å². The molecule has 0 saturated heterocycles. The smallest absolute Gasteiger partial charge is 0.209 e. The van der Waals surface area contributed by atoms with Crippen molar-refractivity contribution in [3.05, 3.63) is 35.7 Å². The fraction of sp³-hybridized carbons (Fsp3) is 0.182. The van der Waals surface area contributed by atoms with Gasteiger partial charge in [-0.05, 0) is 19.1 Å². The van der Waals surface area contributed by atoms with Crippen molar-refractivity contribution in [1.82, 2.24) is 9.36 Å². The van der Waals surface area contributed by atoms with Crippen molar-refractivity contribution in [2.24, 2.45) is 10.9 Å². The van der Waals surface area contributed by atoms with Crippen LogP contribution in [0.5, 0.6) is 0 Å². The lowest BCUT2D eigenvalue weighted by Gasteiger charge is -2.15. The zero-order valence-corrected chi connectivity index (χ0v) is 10.8. The maximum absolute atomic E-state index is 8.67. The summed E-state index contributed by atoms with van der Waals surface area (Å²) in [6.45, 7) is 1.85. The number of oxime groups is 1. The highest BCUT2D eigenvalue weighted by atomic mass is 32.1. The van der Waals surface area contributed by atoms with E-state index in [2.05, 4.69) is 14.5 Å². The monoisotopic (exact) mass is 263 g/mol. The third-order valence-electron chi connectivity index (χ3n) is 2.44. The summed E-state index contributed by atoms with van der Waals surface area (Å²) >= 11 is 1.33. The zero-order chi connectivity index (χ0) is 13.1. The minimum Gasteiger partial charge on any atom is -0.409 e. The largest absolute Gasteiger partial charge is 0.409 e. The van der Waals surface area contributed by atoms with Crippen LogP contribution in [0, 0.1) is 6.92 Å². The first kappa shape index (κ1) is 12.3. The maximum atomic E-state index is 8.67. The highest BCUT2D eigenvalue weighted by molar-refractivity contribution is 7.09. The topological polar surface area (TPSA) is 87.6 Å². The average molecular weight is 263 g/mol. The van der Waals surface area contributed by atoms with Gasteiger partial charge in [0.05, 0.1) is 0 Å². The van der Waals surface area contributed by atoms with E-state index in [1.807, 2.05) is 37.1 Å². The minimum atomic E-state index is 0.0821. The highest BCUT2D eigenvalue weighted by Crippen LogP contribution is 2.25. The Balaban J connectivity index is 2.34. The van der Waals surface area contributed by atoms with Crippen LogP contribution in [0.25, 0.3) is 0 Å². The molecule has 2 rings (SSSR count). The van der Waals surface area contributed by atoms with Gasteiger partial charge in [0.15, 0.2) is 5.84 Å². The Morgan fingerprint density at radius 3 is 2.89 bits per heavy atom. The second-order valence-corrected chi connectivity index (χ2v) is 4.45. The SMILES string of the molecule is Cc1nsc(N(C)c2cccc(C(N)=NO)c2)n1. The second-order valence-electron chi connectivity index (χ2n) is 3.72. The van der Waals surface area contributed by atoms with Gasteiger partial charge in [0.2, 0.25) is 5.13 Å². The van der Waals surface area contributed by atoms with Crippen molar-refractivity contribution in [2.75, 3.05) is 11.9 Å².